The Morgan fingerprint density at radius 1 is 0.895 bits per heavy atom. The highest BCUT2D eigenvalue weighted by Gasteiger charge is 2.13. The van der Waals surface area contributed by atoms with Crippen molar-refractivity contribution < 1.29 is 4.42 Å². The molecule has 0 atom stereocenters. The molecule has 0 bridgehead atoms. The Hall–Kier alpha value is -2.06. The summed E-state index contributed by atoms with van der Waals surface area (Å²) in [5.74, 6) is 0. The first-order chi connectivity index (χ1) is 9.33. The van der Waals surface area contributed by atoms with Crippen LogP contribution in [0.5, 0.6) is 0 Å². The minimum absolute atomic E-state index is 0.966. The summed E-state index contributed by atoms with van der Waals surface area (Å²) in [6, 6.07) is 16.8. The summed E-state index contributed by atoms with van der Waals surface area (Å²) in [6.45, 7) is 2.11. The van der Waals surface area contributed by atoms with Crippen LogP contribution in [0.2, 0.25) is 0 Å². The lowest BCUT2D eigenvalue weighted by atomic mass is 10.1. The number of hydrogen-bond donors (Lipinski definition) is 0. The lowest BCUT2D eigenvalue weighted by Crippen LogP contribution is -1.74. The monoisotopic (exact) mass is 264 g/mol. The number of aryl methyl sites for hydroxylation is 1. The lowest BCUT2D eigenvalue weighted by Gasteiger charge is -1.97. The maximum atomic E-state index is 6.02. The molecule has 2 aromatic heterocycles. The van der Waals surface area contributed by atoms with Crippen LogP contribution in [0.3, 0.4) is 0 Å². The zero-order chi connectivity index (χ0) is 12.8. The van der Waals surface area contributed by atoms with Gasteiger partial charge in [-0.3, -0.25) is 0 Å². The molecule has 2 heteroatoms. The predicted molar refractivity (Wildman–Crippen MR) is 81.8 cm³/mol. The summed E-state index contributed by atoms with van der Waals surface area (Å²) < 4.78 is 6.02. The third-order valence-corrected chi connectivity index (χ3v) is 4.46. The van der Waals surface area contributed by atoms with E-state index in [1.165, 1.54) is 26.8 Å². The Bertz CT molecular complexity index is 865. The smallest absolute Gasteiger partial charge is 0.154 e. The molecule has 4 aromatic rings. The van der Waals surface area contributed by atoms with Gasteiger partial charge in [-0.05, 0) is 18.6 Å². The molecule has 0 N–H and O–H groups in total. The fraction of sp³-hybridized carbons (Fsp3) is 0.0588. The van der Waals surface area contributed by atoms with E-state index < -0.39 is 0 Å². The van der Waals surface area contributed by atoms with Gasteiger partial charge >= 0.3 is 0 Å². The average molecular weight is 264 g/mol. The zero-order valence-electron chi connectivity index (χ0n) is 10.5. The number of thiophene rings is 1. The summed E-state index contributed by atoms with van der Waals surface area (Å²) >= 11 is 1.75. The summed E-state index contributed by atoms with van der Waals surface area (Å²) in [4.78, 5) is 1.21. The van der Waals surface area contributed by atoms with Crippen molar-refractivity contribution in [3.05, 3.63) is 59.5 Å². The molecule has 19 heavy (non-hydrogen) atoms. The molecule has 0 saturated heterocycles. The quantitative estimate of drug-likeness (QED) is 0.434. The van der Waals surface area contributed by atoms with Crippen molar-refractivity contribution in [3.63, 3.8) is 0 Å². The summed E-state index contributed by atoms with van der Waals surface area (Å²) in [5, 5.41) is 4.61. The van der Waals surface area contributed by atoms with Crippen LogP contribution in [-0.2, 0) is 0 Å². The standard InChI is InChI=1S/C17H12OS/c1-11-6-8-12(9-7-11)17-16-14(10-19-17)13-4-2-3-5-15(13)18-16/h2-10H,1H3. The van der Waals surface area contributed by atoms with E-state index in [1.54, 1.807) is 11.3 Å². The molecule has 92 valence electrons. The maximum Gasteiger partial charge on any atom is 0.154 e. The van der Waals surface area contributed by atoms with E-state index in [1.807, 2.05) is 12.1 Å². The second-order valence-corrected chi connectivity index (χ2v) is 5.65. The van der Waals surface area contributed by atoms with Gasteiger partial charge in [0.2, 0.25) is 0 Å². The predicted octanol–water partition coefficient (Wildman–Crippen LogP) is 5.62. The molecule has 0 amide bonds. The molecule has 1 nitrogen and oxygen atoms in total. The van der Waals surface area contributed by atoms with Gasteiger partial charge in [-0.2, -0.15) is 0 Å². The third kappa shape index (κ3) is 1.60. The molecule has 0 fully saturated rings. The fourth-order valence-corrected chi connectivity index (χ4v) is 3.43. The Morgan fingerprint density at radius 2 is 1.68 bits per heavy atom. The van der Waals surface area contributed by atoms with Gasteiger partial charge in [0.05, 0.1) is 4.88 Å². The second kappa shape index (κ2) is 3.97. The van der Waals surface area contributed by atoms with Crippen LogP contribution >= 0.6 is 11.3 Å². The summed E-state index contributed by atoms with van der Waals surface area (Å²) in [6.07, 6.45) is 0. The molecular weight excluding hydrogens is 252 g/mol. The van der Waals surface area contributed by atoms with E-state index in [0.717, 1.165) is 11.2 Å². The van der Waals surface area contributed by atoms with Crippen molar-refractivity contribution in [1.82, 2.24) is 0 Å². The van der Waals surface area contributed by atoms with Gasteiger partial charge in [0.1, 0.15) is 5.58 Å². The van der Waals surface area contributed by atoms with E-state index in [0.29, 0.717) is 0 Å². The van der Waals surface area contributed by atoms with Gasteiger partial charge in [0, 0.05) is 16.2 Å². The van der Waals surface area contributed by atoms with Gasteiger partial charge in [-0.1, -0.05) is 48.0 Å². The normalized spacial score (nSPS) is 11.4. The topological polar surface area (TPSA) is 13.1 Å². The first-order valence-corrected chi connectivity index (χ1v) is 7.17. The molecule has 0 aliphatic heterocycles. The zero-order valence-corrected chi connectivity index (χ0v) is 11.3. The van der Waals surface area contributed by atoms with Gasteiger partial charge in [-0.25, -0.2) is 0 Å². The van der Waals surface area contributed by atoms with E-state index >= 15 is 0 Å². The molecule has 0 aliphatic rings. The van der Waals surface area contributed by atoms with Gasteiger partial charge in [0.15, 0.2) is 5.58 Å². The van der Waals surface area contributed by atoms with Gasteiger partial charge in [-0.15, -0.1) is 11.3 Å². The van der Waals surface area contributed by atoms with E-state index in [4.69, 9.17) is 4.42 Å². The van der Waals surface area contributed by atoms with Crippen molar-refractivity contribution in [1.29, 1.82) is 0 Å². The number of furan rings is 1. The highest BCUT2D eigenvalue weighted by Crippen LogP contribution is 2.40. The number of benzene rings is 2. The van der Waals surface area contributed by atoms with Crippen LogP contribution in [0.25, 0.3) is 32.4 Å². The molecular formula is C17H12OS. The van der Waals surface area contributed by atoms with Crippen molar-refractivity contribution in [3.8, 4) is 10.4 Å². The summed E-state index contributed by atoms with van der Waals surface area (Å²) in [5.41, 5.74) is 4.48. The van der Waals surface area contributed by atoms with E-state index in [-0.39, 0.29) is 0 Å². The first kappa shape index (κ1) is 10.8. The first-order valence-electron chi connectivity index (χ1n) is 6.29. The molecule has 0 spiro atoms. The van der Waals surface area contributed by atoms with E-state index in [9.17, 15) is 0 Å². The minimum atomic E-state index is 0.966. The van der Waals surface area contributed by atoms with Crippen molar-refractivity contribution in [2.24, 2.45) is 0 Å². The van der Waals surface area contributed by atoms with Crippen LogP contribution in [0.15, 0.2) is 58.3 Å². The molecule has 0 saturated carbocycles. The lowest BCUT2D eigenvalue weighted by molar-refractivity contribution is 0.671. The molecule has 2 heterocycles. The van der Waals surface area contributed by atoms with E-state index in [2.05, 4.69) is 48.7 Å². The van der Waals surface area contributed by atoms with Crippen LogP contribution in [0, 0.1) is 6.92 Å². The average Bonchev–Trinajstić information content (AvgIpc) is 2.98. The van der Waals surface area contributed by atoms with Crippen molar-refractivity contribution in [2.45, 2.75) is 6.92 Å². The largest absolute Gasteiger partial charge is 0.455 e. The maximum absolute atomic E-state index is 6.02. The molecule has 2 aromatic carbocycles. The molecule has 4 rings (SSSR count). The van der Waals surface area contributed by atoms with Crippen molar-refractivity contribution >= 4 is 33.3 Å². The number of hydrogen-bond acceptors (Lipinski definition) is 2. The molecule has 0 unspecified atom stereocenters. The van der Waals surface area contributed by atoms with Crippen LogP contribution in [0.1, 0.15) is 5.56 Å². The van der Waals surface area contributed by atoms with Gasteiger partial charge in [0.25, 0.3) is 0 Å². The molecule has 0 radical (unpaired) electrons. The Kier molecular flexibility index (Phi) is 2.26. The van der Waals surface area contributed by atoms with Crippen LogP contribution in [-0.4, -0.2) is 0 Å². The van der Waals surface area contributed by atoms with Crippen molar-refractivity contribution in [2.75, 3.05) is 0 Å². The Labute approximate surface area is 115 Å². The van der Waals surface area contributed by atoms with Gasteiger partial charge < -0.3 is 4.42 Å². The minimum Gasteiger partial charge on any atom is -0.455 e. The summed E-state index contributed by atoms with van der Waals surface area (Å²) in [7, 11) is 0. The third-order valence-electron chi connectivity index (χ3n) is 3.45. The number of rotatable bonds is 1. The fourth-order valence-electron chi connectivity index (χ4n) is 2.43. The SMILES string of the molecule is Cc1ccc(-c2scc3c2oc2ccccc23)cc1. The highest BCUT2D eigenvalue weighted by atomic mass is 32.1. The Morgan fingerprint density at radius 3 is 2.53 bits per heavy atom. The van der Waals surface area contributed by atoms with Crippen LogP contribution < -0.4 is 0 Å². The Balaban J connectivity index is 2.02. The second-order valence-electron chi connectivity index (χ2n) is 4.77. The number of fused-ring (bicyclic) bond motifs is 3. The highest BCUT2D eigenvalue weighted by molar-refractivity contribution is 7.15. The number of para-hydroxylation sites is 1. The molecule has 0 aliphatic carbocycles. The van der Waals surface area contributed by atoms with Crippen LogP contribution in [0.4, 0.5) is 0 Å².